The van der Waals surface area contributed by atoms with Crippen LogP contribution < -0.4 is 16.0 Å². The third-order valence-electron chi connectivity index (χ3n) is 13.3. The van der Waals surface area contributed by atoms with Crippen molar-refractivity contribution in [1.29, 1.82) is 0 Å². The van der Waals surface area contributed by atoms with Gasteiger partial charge in [-0.2, -0.15) is 0 Å². The lowest BCUT2D eigenvalue weighted by atomic mass is 9.83. The Kier molecular flexibility index (Phi) is 13.3. The van der Waals surface area contributed by atoms with Gasteiger partial charge in [0.2, 0.25) is 0 Å². The minimum atomic E-state index is -0.563. The Balaban J connectivity index is 1.14. The van der Waals surface area contributed by atoms with Gasteiger partial charge in [0.25, 0.3) is 0 Å². The summed E-state index contributed by atoms with van der Waals surface area (Å²) in [6.07, 6.45) is 5.86. The van der Waals surface area contributed by atoms with E-state index in [4.69, 9.17) is 14.2 Å². The molecule has 3 fully saturated rings. The maximum atomic E-state index is 13.4. The quantitative estimate of drug-likeness (QED) is 0.0951. The lowest BCUT2D eigenvalue weighted by Crippen LogP contribution is -2.42. The molecule has 318 valence electrons. The number of esters is 3. The summed E-state index contributed by atoms with van der Waals surface area (Å²) in [5.41, 5.74) is 5.51. The predicted octanol–water partition coefficient (Wildman–Crippen LogP) is 9.49. The smallest absolute Gasteiger partial charge is 0.338 e. The van der Waals surface area contributed by atoms with E-state index in [-0.39, 0.29) is 17.9 Å². The molecule has 9 heteroatoms. The van der Waals surface area contributed by atoms with Crippen LogP contribution in [0.15, 0.2) is 91.0 Å². The van der Waals surface area contributed by atoms with E-state index >= 15 is 0 Å². The normalized spacial score (nSPS) is 17.5. The van der Waals surface area contributed by atoms with Crippen LogP contribution in [0.5, 0.6) is 0 Å². The highest BCUT2D eigenvalue weighted by Gasteiger charge is 2.37. The van der Waals surface area contributed by atoms with Gasteiger partial charge in [0.05, 0.1) is 16.7 Å². The van der Waals surface area contributed by atoms with Gasteiger partial charge in [-0.05, 0) is 207 Å². The zero-order valence-corrected chi connectivity index (χ0v) is 36.3. The fourth-order valence-electron chi connectivity index (χ4n) is 9.22. The van der Waals surface area contributed by atoms with Crippen LogP contribution in [0.3, 0.4) is 0 Å². The number of rotatable bonds is 12. The van der Waals surface area contributed by atoms with Crippen LogP contribution in [0.2, 0.25) is 0 Å². The van der Waals surface area contributed by atoms with Crippen molar-refractivity contribution in [3.05, 3.63) is 108 Å². The maximum Gasteiger partial charge on any atom is 0.338 e. The van der Waals surface area contributed by atoms with Crippen LogP contribution in [0.1, 0.15) is 111 Å². The number of carbonyl (C=O) groups excluding carboxylic acids is 3. The number of piperidine rings is 3. The molecular weight excluding hydrogens is 751 g/mol. The second kappa shape index (κ2) is 18.4. The molecule has 0 unspecified atom stereocenters. The summed E-state index contributed by atoms with van der Waals surface area (Å²) in [6.45, 7) is 17.7. The third-order valence-corrected chi connectivity index (χ3v) is 13.3. The molecule has 60 heavy (non-hydrogen) atoms. The molecular formula is C51H63N3O6. The van der Waals surface area contributed by atoms with Crippen LogP contribution in [-0.2, 0) is 14.2 Å². The Morgan fingerprint density at radius 3 is 0.817 bits per heavy atom. The molecule has 0 aliphatic carbocycles. The largest absolute Gasteiger partial charge is 0.456 e. The van der Waals surface area contributed by atoms with Crippen LogP contribution in [0, 0.1) is 17.8 Å². The Hall–Kier alpha value is -4.83. The zero-order chi connectivity index (χ0) is 42.5. The average molecular weight is 814 g/mol. The van der Waals surface area contributed by atoms with Gasteiger partial charge in [-0.15, -0.1) is 0 Å². The Morgan fingerprint density at radius 1 is 0.383 bits per heavy atom. The second-order valence-electron chi connectivity index (χ2n) is 18.6. The molecule has 3 aliphatic heterocycles. The van der Waals surface area contributed by atoms with Crippen molar-refractivity contribution in [2.45, 2.75) is 96.9 Å². The molecule has 0 saturated carbocycles. The molecule has 3 heterocycles. The van der Waals surface area contributed by atoms with Crippen molar-refractivity contribution in [1.82, 2.24) is 16.0 Å². The van der Waals surface area contributed by atoms with E-state index in [0.29, 0.717) is 34.4 Å². The number of nitrogens with one attached hydrogen (secondary N) is 3. The predicted molar refractivity (Wildman–Crippen MR) is 238 cm³/mol. The van der Waals surface area contributed by atoms with E-state index in [1.807, 2.05) is 114 Å². The highest BCUT2D eigenvalue weighted by atomic mass is 16.6. The zero-order valence-electron chi connectivity index (χ0n) is 36.3. The number of carbonyl (C=O) groups is 3. The fraction of sp³-hybridized carbons (Fsp3) is 0.471. The number of hydrogen-bond donors (Lipinski definition) is 3. The monoisotopic (exact) mass is 813 g/mol. The molecule has 0 atom stereocenters. The van der Waals surface area contributed by atoms with Crippen LogP contribution in [0.4, 0.5) is 0 Å². The van der Waals surface area contributed by atoms with E-state index in [1.165, 1.54) is 0 Å². The molecule has 7 rings (SSSR count). The van der Waals surface area contributed by atoms with Crippen molar-refractivity contribution in [3.63, 3.8) is 0 Å². The maximum absolute atomic E-state index is 13.4. The number of benzene rings is 4. The molecule has 4 aromatic rings. The van der Waals surface area contributed by atoms with Crippen LogP contribution >= 0.6 is 0 Å². The van der Waals surface area contributed by atoms with Gasteiger partial charge in [-0.3, -0.25) is 0 Å². The minimum absolute atomic E-state index is 0.305. The summed E-state index contributed by atoms with van der Waals surface area (Å²) >= 11 is 0. The standard InChI is InChI=1S/C51H63N3O6/c1-49(2,43-19-25-52-26-20-43)58-46(55)37-13-7-34(8-14-37)40-31-41(35-9-15-38(16-10-35)47(56)59-50(3,4)44-21-27-53-28-22-44)33-42(32-40)36-11-17-39(18-12-36)48(57)60-51(5,6)45-23-29-54-30-24-45/h7-18,31-33,43-45,52-54H,19-30H2,1-6H3. The summed E-state index contributed by atoms with van der Waals surface area (Å²) in [4.78, 5) is 40.2. The molecule has 9 nitrogen and oxygen atoms in total. The van der Waals surface area contributed by atoms with Gasteiger partial charge in [0.1, 0.15) is 16.8 Å². The Labute approximate surface area is 356 Å². The Morgan fingerprint density at radius 2 is 0.600 bits per heavy atom. The van der Waals surface area contributed by atoms with Gasteiger partial charge >= 0.3 is 17.9 Å². The molecule has 4 aromatic carbocycles. The third kappa shape index (κ3) is 10.4. The van der Waals surface area contributed by atoms with Gasteiger partial charge in [0, 0.05) is 17.8 Å². The van der Waals surface area contributed by atoms with Crippen molar-refractivity contribution in [3.8, 4) is 33.4 Å². The molecule has 3 N–H and O–H groups in total. The van der Waals surface area contributed by atoms with Gasteiger partial charge in [0.15, 0.2) is 0 Å². The van der Waals surface area contributed by atoms with E-state index in [1.54, 1.807) is 0 Å². The first kappa shape index (κ1) is 43.3. The molecule has 0 bridgehead atoms. The molecule has 0 spiro atoms. The fourth-order valence-corrected chi connectivity index (χ4v) is 9.22. The molecule has 0 amide bonds. The lowest BCUT2D eigenvalue weighted by molar-refractivity contribution is -0.0376. The highest BCUT2D eigenvalue weighted by molar-refractivity contribution is 5.93. The SMILES string of the molecule is CC(C)(OC(=O)c1ccc(-c2cc(-c3ccc(C(=O)OC(C)(C)C4CCNCC4)cc3)cc(-c3ccc(C(=O)OC(C)(C)C4CCNCC4)cc3)c2)cc1)C1CCNCC1. The van der Waals surface area contributed by atoms with Gasteiger partial charge in [-0.1, -0.05) is 36.4 Å². The summed E-state index contributed by atoms with van der Waals surface area (Å²) in [5.74, 6) is -0.0558. The van der Waals surface area contributed by atoms with Gasteiger partial charge in [-0.25, -0.2) is 14.4 Å². The lowest BCUT2D eigenvalue weighted by Gasteiger charge is -2.36. The summed E-state index contributed by atoms with van der Waals surface area (Å²) in [6, 6.07) is 29.1. The molecule has 3 saturated heterocycles. The van der Waals surface area contributed by atoms with E-state index in [2.05, 4.69) is 34.1 Å². The first-order chi connectivity index (χ1) is 28.7. The highest BCUT2D eigenvalue weighted by Crippen LogP contribution is 2.36. The first-order valence-electron chi connectivity index (χ1n) is 22.0. The molecule has 3 aliphatic rings. The second-order valence-corrected chi connectivity index (χ2v) is 18.6. The average Bonchev–Trinajstić information content (AvgIpc) is 3.27. The minimum Gasteiger partial charge on any atom is -0.456 e. The van der Waals surface area contributed by atoms with Crippen molar-refractivity contribution in [2.75, 3.05) is 39.3 Å². The number of hydrogen-bond acceptors (Lipinski definition) is 9. The van der Waals surface area contributed by atoms with Crippen LogP contribution in [-0.4, -0.2) is 74.0 Å². The van der Waals surface area contributed by atoms with E-state index in [0.717, 1.165) is 111 Å². The van der Waals surface area contributed by atoms with Gasteiger partial charge < -0.3 is 30.2 Å². The van der Waals surface area contributed by atoms with Crippen molar-refractivity contribution >= 4 is 17.9 Å². The van der Waals surface area contributed by atoms with E-state index < -0.39 is 16.8 Å². The van der Waals surface area contributed by atoms with Crippen molar-refractivity contribution in [2.24, 2.45) is 17.8 Å². The van der Waals surface area contributed by atoms with Crippen molar-refractivity contribution < 1.29 is 28.6 Å². The molecule has 0 aromatic heterocycles. The van der Waals surface area contributed by atoms with Crippen LogP contribution in [0.25, 0.3) is 33.4 Å². The topological polar surface area (TPSA) is 115 Å². The number of ether oxygens (including phenoxy) is 3. The summed E-state index contributed by atoms with van der Waals surface area (Å²) in [5, 5.41) is 10.2. The summed E-state index contributed by atoms with van der Waals surface area (Å²) < 4.78 is 18.3. The van der Waals surface area contributed by atoms with E-state index in [9.17, 15) is 14.4 Å². The first-order valence-corrected chi connectivity index (χ1v) is 22.0. The summed E-state index contributed by atoms with van der Waals surface area (Å²) in [7, 11) is 0. The Bertz CT molecular complexity index is 1850. The molecule has 0 radical (unpaired) electrons.